The first-order valence-electron chi connectivity index (χ1n) is 11.0. The Kier molecular flexibility index (Phi) is 8.14. The fourth-order valence-electron chi connectivity index (χ4n) is 3.14. The van der Waals surface area contributed by atoms with Crippen molar-refractivity contribution in [2.45, 2.75) is 40.8 Å². The third-order valence-electron chi connectivity index (χ3n) is 5.13. The summed E-state index contributed by atoms with van der Waals surface area (Å²) in [6.45, 7) is 9.53. The van der Waals surface area contributed by atoms with E-state index < -0.39 is 0 Å². The maximum absolute atomic E-state index is 11.8. The molecule has 1 amide bonds. The number of hydrogen-bond acceptors (Lipinski definition) is 4. The van der Waals surface area contributed by atoms with Crippen molar-refractivity contribution < 1.29 is 14.3 Å². The van der Waals surface area contributed by atoms with Crippen molar-refractivity contribution in [1.29, 1.82) is 0 Å². The third kappa shape index (κ3) is 6.51. The van der Waals surface area contributed by atoms with Crippen LogP contribution in [0.3, 0.4) is 0 Å². The number of ether oxygens (including phenoxy) is 2. The van der Waals surface area contributed by atoms with Gasteiger partial charge in [0.1, 0.15) is 6.61 Å². The molecule has 0 atom stereocenters. The van der Waals surface area contributed by atoms with E-state index in [1.165, 1.54) is 5.56 Å². The van der Waals surface area contributed by atoms with Gasteiger partial charge in [-0.15, -0.1) is 0 Å². The molecule has 3 aromatic rings. The quantitative estimate of drug-likeness (QED) is 0.402. The van der Waals surface area contributed by atoms with Crippen LogP contribution in [0, 0.1) is 12.8 Å². The van der Waals surface area contributed by atoms with E-state index in [4.69, 9.17) is 9.47 Å². The number of carbonyl (C=O) groups excluding carboxylic acids is 1. The largest absolute Gasteiger partial charge is 0.490 e. The molecule has 3 aromatic carbocycles. The van der Waals surface area contributed by atoms with Crippen LogP contribution in [0.5, 0.6) is 11.5 Å². The fourth-order valence-corrected chi connectivity index (χ4v) is 3.14. The third-order valence-corrected chi connectivity index (χ3v) is 5.13. The summed E-state index contributed by atoms with van der Waals surface area (Å²) in [7, 11) is 0. The zero-order chi connectivity index (χ0) is 22.9. The van der Waals surface area contributed by atoms with Crippen molar-refractivity contribution in [1.82, 2.24) is 0 Å². The van der Waals surface area contributed by atoms with Crippen LogP contribution in [0.25, 0.3) is 0 Å². The van der Waals surface area contributed by atoms with Gasteiger partial charge in [0.15, 0.2) is 11.5 Å². The molecular formula is C27H32N2O3. The molecule has 0 bridgehead atoms. The van der Waals surface area contributed by atoms with Crippen LogP contribution in [0.4, 0.5) is 11.4 Å². The van der Waals surface area contributed by atoms with E-state index in [9.17, 15) is 4.79 Å². The Labute approximate surface area is 190 Å². The van der Waals surface area contributed by atoms with Gasteiger partial charge in [-0.3, -0.25) is 4.79 Å². The number of anilines is 2. The summed E-state index contributed by atoms with van der Waals surface area (Å²) in [4.78, 5) is 11.8. The van der Waals surface area contributed by atoms with Crippen molar-refractivity contribution in [3.05, 3.63) is 83.4 Å². The molecule has 168 valence electrons. The Balaban J connectivity index is 1.61. The van der Waals surface area contributed by atoms with Gasteiger partial charge in [-0.1, -0.05) is 44.2 Å². The summed E-state index contributed by atoms with van der Waals surface area (Å²) < 4.78 is 11.9. The summed E-state index contributed by atoms with van der Waals surface area (Å²) in [6, 6.07) is 21.9. The van der Waals surface area contributed by atoms with E-state index in [0.29, 0.717) is 19.8 Å². The van der Waals surface area contributed by atoms with Gasteiger partial charge in [-0.2, -0.15) is 0 Å². The Morgan fingerprint density at radius 2 is 1.62 bits per heavy atom. The number of rotatable bonds is 10. The van der Waals surface area contributed by atoms with Crippen molar-refractivity contribution >= 4 is 17.3 Å². The predicted octanol–water partition coefficient (Wildman–Crippen LogP) is 6.18. The van der Waals surface area contributed by atoms with Gasteiger partial charge < -0.3 is 20.1 Å². The molecule has 5 heteroatoms. The van der Waals surface area contributed by atoms with Gasteiger partial charge in [0, 0.05) is 23.8 Å². The minimum absolute atomic E-state index is 0.0129. The number of hydrogen-bond donors (Lipinski definition) is 2. The highest BCUT2D eigenvalue weighted by atomic mass is 16.5. The molecule has 0 aliphatic rings. The standard InChI is InChI=1S/C27H32N2O3/c1-5-31-26-16-21(10-15-25(26)32-18-22-9-7-6-8-20(22)4)17-28-23-11-13-24(14-12-23)29-27(30)19(2)3/h6-16,19,28H,5,17-18H2,1-4H3,(H,29,30). The minimum atomic E-state index is -0.0454. The van der Waals surface area contributed by atoms with Gasteiger partial charge in [-0.05, 0) is 66.9 Å². The first-order valence-corrected chi connectivity index (χ1v) is 11.0. The summed E-state index contributed by atoms with van der Waals surface area (Å²) in [5.74, 6) is 1.45. The smallest absolute Gasteiger partial charge is 0.226 e. The van der Waals surface area contributed by atoms with Crippen LogP contribution in [-0.4, -0.2) is 12.5 Å². The van der Waals surface area contributed by atoms with Gasteiger partial charge in [0.25, 0.3) is 0 Å². The lowest BCUT2D eigenvalue weighted by atomic mass is 10.1. The first-order chi connectivity index (χ1) is 15.5. The Morgan fingerprint density at radius 3 is 2.31 bits per heavy atom. The SMILES string of the molecule is CCOc1cc(CNc2ccc(NC(=O)C(C)C)cc2)ccc1OCc1ccccc1C. The van der Waals surface area contributed by atoms with Crippen molar-refractivity contribution in [2.75, 3.05) is 17.2 Å². The summed E-state index contributed by atoms with van der Waals surface area (Å²) in [6.07, 6.45) is 0. The molecule has 0 unspecified atom stereocenters. The maximum Gasteiger partial charge on any atom is 0.226 e. The molecule has 0 spiro atoms. The molecule has 32 heavy (non-hydrogen) atoms. The molecule has 0 saturated heterocycles. The monoisotopic (exact) mass is 432 g/mol. The van der Waals surface area contributed by atoms with Crippen molar-refractivity contribution in [3.63, 3.8) is 0 Å². The lowest BCUT2D eigenvalue weighted by molar-refractivity contribution is -0.118. The van der Waals surface area contributed by atoms with E-state index in [1.54, 1.807) is 0 Å². The minimum Gasteiger partial charge on any atom is -0.490 e. The fraction of sp³-hybridized carbons (Fsp3) is 0.296. The molecule has 0 saturated carbocycles. The van der Waals surface area contributed by atoms with Crippen molar-refractivity contribution in [3.8, 4) is 11.5 Å². The van der Waals surface area contributed by atoms with Crippen LogP contribution in [0.1, 0.15) is 37.5 Å². The van der Waals surface area contributed by atoms with Crippen LogP contribution in [-0.2, 0) is 17.9 Å². The van der Waals surface area contributed by atoms with E-state index >= 15 is 0 Å². The van der Waals surface area contributed by atoms with E-state index in [-0.39, 0.29) is 11.8 Å². The maximum atomic E-state index is 11.8. The lowest BCUT2D eigenvalue weighted by Crippen LogP contribution is -2.17. The van der Waals surface area contributed by atoms with Gasteiger partial charge >= 0.3 is 0 Å². The molecule has 0 aromatic heterocycles. The Hall–Kier alpha value is -3.47. The number of carbonyl (C=O) groups is 1. The van der Waals surface area contributed by atoms with Gasteiger partial charge in [0.05, 0.1) is 6.61 Å². The lowest BCUT2D eigenvalue weighted by Gasteiger charge is -2.15. The molecule has 0 radical (unpaired) electrons. The highest BCUT2D eigenvalue weighted by Gasteiger charge is 2.09. The van der Waals surface area contributed by atoms with E-state index in [0.717, 1.165) is 34.0 Å². The normalized spacial score (nSPS) is 10.7. The Morgan fingerprint density at radius 1 is 0.906 bits per heavy atom. The predicted molar refractivity (Wildman–Crippen MR) is 130 cm³/mol. The van der Waals surface area contributed by atoms with Crippen molar-refractivity contribution in [2.24, 2.45) is 5.92 Å². The van der Waals surface area contributed by atoms with Crippen LogP contribution < -0.4 is 20.1 Å². The van der Waals surface area contributed by atoms with Gasteiger partial charge in [0.2, 0.25) is 5.91 Å². The zero-order valence-corrected chi connectivity index (χ0v) is 19.3. The van der Waals surface area contributed by atoms with E-state index in [2.05, 4.69) is 29.7 Å². The molecule has 0 heterocycles. The first kappa shape index (κ1) is 23.2. The molecule has 5 nitrogen and oxygen atoms in total. The number of aryl methyl sites for hydroxylation is 1. The highest BCUT2D eigenvalue weighted by molar-refractivity contribution is 5.92. The second kappa shape index (κ2) is 11.2. The highest BCUT2D eigenvalue weighted by Crippen LogP contribution is 2.30. The average Bonchev–Trinajstić information content (AvgIpc) is 2.79. The molecular weight excluding hydrogens is 400 g/mol. The second-order valence-corrected chi connectivity index (χ2v) is 8.00. The molecule has 0 aliphatic carbocycles. The number of nitrogens with one attached hydrogen (secondary N) is 2. The molecule has 0 aliphatic heterocycles. The second-order valence-electron chi connectivity index (χ2n) is 8.00. The zero-order valence-electron chi connectivity index (χ0n) is 19.3. The van der Waals surface area contributed by atoms with Crippen LogP contribution in [0.2, 0.25) is 0 Å². The molecule has 3 rings (SSSR count). The molecule has 0 fully saturated rings. The van der Waals surface area contributed by atoms with Crippen LogP contribution >= 0.6 is 0 Å². The van der Waals surface area contributed by atoms with Gasteiger partial charge in [-0.25, -0.2) is 0 Å². The average molecular weight is 433 g/mol. The Bertz CT molecular complexity index is 1030. The van der Waals surface area contributed by atoms with E-state index in [1.807, 2.05) is 75.4 Å². The summed E-state index contributed by atoms with van der Waals surface area (Å²) in [5, 5.41) is 6.31. The van der Waals surface area contributed by atoms with Crippen LogP contribution in [0.15, 0.2) is 66.7 Å². The summed E-state index contributed by atoms with van der Waals surface area (Å²) in [5.41, 5.74) is 5.23. The number of amides is 1. The number of benzene rings is 3. The summed E-state index contributed by atoms with van der Waals surface area (Å²) >= 11 is 0. The topological polar surface area (TPSA) is 59.6 Å². The molecule has 2 N–H and O–H groups in total.